The predicted octanol–water partition coefficient (Wildman–Crippen LogP) is 2.92. The molecular weight excluding hydrogens is 279 g/mol. The van der Waals surface area contributed by atoms with Gasteiger partial charge in [-0.25, -0.2) is 0 Å². The molecular formula is C13H13ClF3NO. The lowest BCUT2D eigenvalue weighted by Crippen LogP contribution is -2.28. The smallest absolute Gasteiger partial charge is 0.392 e. The topological polar surface area (TPSA) is 46.2 Å². The van der Waals surface area contributed by atoms with Crippen molar-refractivity contribution < 1.29 is 18.3 Å². The number of halogens is 4. The van der Waals surface area contributed by atoms with Crippen molar-refractivity contribution in [1.29, 1.82) is 0 Å². The maximum atomic E-state index is 13.1. The highest BCUT2D eigenvalue weighted by Gasteiger charge is 2.53. The minimum atomic E-state index is -4.58. The summed E-state index contributed by atoms with van der Waals surface area (Å²) in [4.78, 5) is 0. The maximum Gasteiger partial charge on any atom is 0.417 e. The van der Waals surface area contributed by atoms with E-state index in [0.717, 1.165) is 0 Å². The van der Waals surface area contributed by atoms with E-state index in [-0.39, 0.29) is 16.7 Å². The Balaban J connectivity index is 2.55. The molecule has 1 fully saturated rings. The Bertz CT molecular complexity index is 529. The van der Waals surface area contributed by atoms with Crippen molar-refractivity contribution >= 4 is 17.2 Å². The van der Waals surface area contributed by atoms with Crippen molar-refractivity contribution in [3.63, 3.8) is 0 Å². The summed E-state index contributed by atoms with van der Waals surface area (Å²) in [5.41, 5.74) is 3.91. The van der Waals surface area contributed by atoms with E-state index in [1.807, 2.05) is 0 Å². The van der Waals surface area contributed by atoms with Crippen LogP contribution in [0.1, 0.15) is 23.1 Å². The van der Waals surface area contributed by atoms with Gasteiger partial charge in [-0.1, -0.05) is 24.8 Å². The number of hydrogen-bond acceptors (Lipinski definition) is 2. The van der Waals surface area contributed by atoms with Gasteiger partial charge in [-0.05, 0) is 23.1 Å². The van der Waals surface area contributed by atoms with E-state index in [2.05, 4.69) is 6.58 Å². The molecule has 2 unspecified atom stereocenters. The molecule has 1 aliphatic rings. The van der Waals surface area contributed by atoms with Crippen LogP contribution in [0.5, 0.6) is 0 Å². The Morgan fingerprint density at radius 3 is 2.53 bits per heavy atom. The van der Waals surface area contributed by atoms with Gasteiger partial charge in [0.15, 0.2) is 0 Å². The third kappa shape index (κ3) is 2.38. The first-order chi connectivity index (χ1) is 8.71. The highest BCUT2D eigenvalue weighted by atomic mass is 35.5. The first-order valence-electron chi connectivity index (χ1n) is 5.64. The van der Waals surface area contributed by atoms with Crippen LogP contribution in [0.2, 0.25) is 0 Å². The molecule has 0 aliphatic heterocycles. The van der Waals surface area contributed by atoms with E-state index >= 15 is 0 Å². The third-order valence-electron chi connectivity index (χ3n) is 3.41. The molecule has 6 heteroatoms. The maximum absolute atomic E-state index is 13.1. The van der Waals surface area contributed by atoms with E-state index in [0.29, 0.717) is 6.42 Å². The molecule has 2 atom stereocenters. The van der Waals surface area contributed by atoms with Gasteiger partial charge in [0.25, 0.3) is 0 Å². The van der Waals surface area contributed by atoms with Crippen molar-refractivity contribution in [2.24, 2.45) is 5.73 Å². The number of hydrogen-bond donors (Lipinski definition) is 2. The molecule has 0 heterocycles. The van der Waals surface area contributed by atoms with Crippen LogP contribution < -0.4 is 5.73 Å². The lowest BCUT2D eigenvalue weighted by Gasteiger charge is -2.21. The summed E-state index contributed by atoms with van der Waals surface area (Å²) in [5, 5.41) is 8.67. The second kappa shape index (κ2) is 4.51. The fourth-order valence-electron chi connectivity index (χ4n) is 2.12. The van der Waals surface area contributed by atoms with Gasteiger partial charge in [0.05, 0.1) is 23.1 Å². The fourth-order valence-corrected chi connectivity index (χ4v) is 2.51. The first kappa shape index (κ1) is 14.4. The number of benzene rings is 1. The van der Waals surface area contributed by atoms with Crippen LogP contribution in [0.15, 0.2) is 24.8 Å². The van der Waals surface area contributed by atoms with Gasteiger partial charge in [0.2, 0.25) is 0 Å². The summed E-state index contributed by atoms with van der Waals surface area (Å²) in [6, 6.07) is 3.98. The van der Waals surface area contributed by atoms with Gasteiger partial charge in [-0.15, -0.1) is 11.6 Å². The van der Waals surface area contributed by atoms with Crippen LogP contribution >= 0.6 is 11.6 Å². The Morgan fingerprint density at radius 1 is 1.53 bits per heavy atom. The zero-order valence-electron chi connectivity index (χ0n) is 9.97. The molecule has 2 rings (SSSR count). The van der Waals surface area contributed by atoms with E-state index in [4.69, 9.17) is 22.4 Å². The SMILES string of the molecule is C=C(c1cccc(CO)c1C(F)(F)F)C1(N)CC1Cl. The van der Waals surface area contributed by atoms with Crippen LogP contribution in [0.4, 0.5) is 13.2 Å². The van der Waals surface area contributed by atoms with Gasteiger partial charge >= 0.3 is 6.18 Å². The van der Waals surface area contributed by atoms with Crippen molar-refractivity contribution in [2.75, 3.05) is 0 Å². The zero-order chi connectivity index (χ0) is 14.4. The molecule has 1 aliphatic carbocycles. The van der Waals surface area contributed by atoms with Crippen molar-refractivity contribution in [3.05, 3.63) is 41.5 Å². The molecule has 104 valence electrons. The standard InChI is InChI=1S/C13H13ClF3NO/c1-7(12(18)5-10(12)14)9-4-2-3-8(6-19)11(9)13(15,16)17/h2-4,10,19H,1,5-6,18H2. The minimum Gasteiger partial charge on any atom is -0.392 e. The zero-order valence-corrected chi connectivity index (χ0v) is 10.7. The predicted molar refractivity (Wildman–Crippen MR) is 67.6 cm³/mol. The van der Waals surface area contributed by atoms with Crippen molar-refractivity contribution in [3.8, 4) is 0 Å². The molecule has 1 aromatic carbocycles. The number of alkyl halides is 4. The quantitative estimate of drug-likeness (QED) is 0.841. The summed E-state index contributed by atoms with van der Waals surface area (Å²) < 4.78 is 39.4. The summed E-state index contributed by atoms with van der Waals surface area (Å²) in [6.07, 6.45) is -4.18. The Hall–Kier alpha value is -1.04. The first-order valence-corrected chi connectivity index (χ1v) is 6.08. The van der Waals surface area contributed by atoms with Gasteiger partial charge in [-0.3, -0.25) is 0 Å². The van der Waals surface area contributed by atoms with Crippen molar-refractivity contribution in [2.45, 2.75) is 30.1 Å². The lowest BCUT2D eigenvalue weighted by molar-refractivity contribution is -0.138. The van der Waals surface area contributed by atoms with Gasteiger partial charge < -0.3 is 10.8 Å². The molecule has 0 bridgehead atoms. The van der Waals surface area contributed by atoms with Gasteiger partial charge in [0, 0.05) is 0 Å². The fraction of sp³-hybridized carbons (Fsp3) is 0.385. The normalized spacial score (nSPS) is 26.3. The van der Waals surface area contributed by atoms with E-state index in [1.165, 1.54) is 18.2 Å². The largest absolute Gasteiger partial charge is 0.417 e. The second-order valence-electron chi connectivity index (χ2n) is 4.69. The number of rotatable bonds is 3. The molecule has 0 radical (unpaired) electrons. The van der Waals surface area contributed by atoms with Crippen LogP contribution in [-0.2, 0) is 12.8 Å². The summed E-state index contributed by atoms with van der Waals surface area (Å²) in [7, 11) is 0. The Morgan fingerprint density at radius 2 is 2.11 bits per heavy atom. The molecule has 0 amide bonds. The molecule has 1 saturated carbocycles. The summed E-state index contributed by atoms with van der Waals surface area (Å²) >= 11 is 5.86. The third-order valence-corrected chi connectivity index (χ3v) is 3.95. The molecule has 3 N–H and O–H groups in total. The highest BCUT2D eigenvalue weighted by molar-refractivity contribution is 6.25. The van der Waals surface area contributed by atoms with Gasteiger partial charge in [-0.2, -0.15) is 13.2 Å². The number of aliphatic hydroxyl groups is 1. The lowest BCUT2D eigenvalue weighted by atomic mass is 9.91. The average molecular weight is 292 g/mol. The molecule has 0 spiro atoms. The number of nitrogens with two attached hydrogens (primary N) is 1. The Labute approximate surface area is 113 Å². The van der Waals surface area contributed by atoms with Crippen LogP contribution in [0.25, 0.3) is 5.57 Å². The summed E-state index contributed by atoms with van der Waals surface area (Å²) in [6.45, 7) is 2.97. The number of aliphatic hydroxyl groups excluding tert-OH is 1. The average Bonchev–Trinajstić information content (AvgIpc) is 2.95. The van der Waals surface area contributed by atoms with Gasteiger partial charge in [0.1, 0.15) is 0 Å². The van der Waals surface area contributed by atoms with Crippen molar-refractivity contribution in [1.82, 2.24) is 0 Å². The summed E-state index contributed by atoms with van der Waals surface area (Å²) in [5.74, 6) is 0. The molecule has 2 nitrogen and oxygen atoms in total. The molecule has 19 heavy (non-hydrogen) atoms. The van der Waals surface area contributed by atoms with Crippen LogP contribution in [0, 0.1) is 0 Å². The minimum absolute atomic E-state index is 0.0929. The monoisotopic (exact) mass is 291 g/mol. The van der Waals surface area contributed by atoms with E-state index < -0.39 is 29.3 Å². The molecule has 0 aromatic heterocycles. The molecule has 1 aromatic rings. The van der Waals surface area contributed by atoms with E-state index in [1.54, 1.807) is 0 Å². The second-order valence-corrected chi connectivity index (χ2v) is 5.21. The highest BCUT2D eigenvalue weighted by Crippen LogP contribution is 2.50. The van der Waals surface area contributed by atoms with Crippen LogP contribution in [0.3, 0.4) is 0 Å². The Kier molecular flexibility index (Phi) is 3.41. The molecule has 0 saturated heterocycles. The van der Waals surface area contributed by atoms with E-state index in [9.17, 15) is 13.2 Å². The van der Waals surface area contributed by atoms with Crippen LogP contribution in [-0.4, -0.2) is 16.0 Å².